The van der Waals surface area contributed by atoms with Crippen LogP contribution in [-0.2, 0) is 0 Å². The van der Waals surface area contributed by atoms with E-state index in [1.165, 1.54) is 6.07 Å². The summed E-state index contributed by atoms with van der Waals surface area (Å²) in [4.78, 5) is 17.6. The number of pyridine rings is 1. The van der Waals surface area contributed by atoms with Gasteiger partial charge in [0.1, 0.15) is 17.1 Å². The van der Waals surface area contributed by atoms with Gasteiger partial charge in [-0.25, -0.2) is 4.98 Å². The van der Waals surface area contributed by atoms with E-state index in [0.717, 1.165) is 22.2 Å². The van der Waals surface area contributed by atoms with Crippen molar-refractivity contribution in [1.29, 1.82) is 0 Å². The number of aryl methyl sites for hydroxylation is 2. The molecule has 0 radical (unpaired) electrons. The number of carbonyl (C=O) groups is 1. The number of hydrogen-bond donors (Lipinski definition) is 1. The number of ether oxygens (including phenoxy) is 1. The van der Waals surface area contributed by atoms with E-state index < -0.39 is 5.91 Å². The lowest BCUT2D eigenvalue weighted by Gasteiger charge is -2.12. The van der Waals surface area contributed by atoms with Gasteiger partial charge in [-0.2, -0.15) is 9.78 Å². The fraction of sp³-hybridized carbons (Fsp3) is 0.136. The van der Waals surface area contributed by atoms with Gasteiger partial charge < -0.3 is 10.1 Å². The van der Waals surface area contributed by atoms with Crippen molar-refractivity contribution >= 4 is 45.8 Å². The fourth-order valence-electron chi connectivity index (χ4n) is 3.27. The van der Waals surface area contributed by atoms with Crippen molar-refractivity contribution in [3.05, 3.63) is 75.4 Å². The summed E-state index contributed by atoms with van der Waals surface area (Å²) >= 11 is 12.2. The van der Waals surface area contributed by atoms with Crippen molar-refractivity contribution in [3.63, 3.8) is 0 Å². The maximum absolute atomic E-state index is 12.8. The summed E-state index contributed by atoms with van der Waals surface area (Å²) in [7, 11) is 1.61. The number of aromatic nitrogens is 3. The topological polar surface area (TPSA) is 69.0 Å². The number of para-hydroxylation sites is 1. The van der Waals surface area contributed by atoms with Crippen LogP contribution in [0.25, 0.3) is 16.7 Å². The van der Waals surface area contributed by atoms with E-state index in [4.69, 9.17) is 32.9 Å². The van der Waals surface area contributed by atoms with Crippen LogP contribution in [0.4, 0.5) is 5.82 Å². The van der Waals surface area contributed by atoms with Crippen LogP contribution < -0.4 is 10.1 Å². The van der Waals surface area contributed by atoms with Crippen molar-refractivity contribution < 1.29 is 9.53 Å². The molecule has 8 heteroatoms. The first kappa shape index (κ1) is 20.2. The third-order valence-electron chi connectivity index (χ3n) is 4.68. The Morgan fingerprint density at radius 3 is 2.67 bits per heavy atom. The molecule has 2 aromatic heterocycles. The second kappa shape index (κ2) is 7.97. The predicted molar refractivity (Wildman–Crippen MR) is 119 cm³/mol. The van der Waals surface area contributed by atoms with Gasteiger partial charge in [0.15, 0.2) is 5.82 Å². The molecule has 0 aliphatic rings. The standard InChI is InChI=1S/C22H18Cl2N4O2/c1-12-9-19(25-21-15(12)5-4-6-18(21)30-3)28-20(10-13(2)27-28)26-22(29)16-11-14(23)7-8-17(16)24/h4-11H,1-3H3,(H,26,29). The number of hydrogen-bond acceptors (Lipinski definition) is 4. The molecule has 0 bridgehead atoms. The molecule has 30 heavy (non-hydrogen) atoms. The Labute approximate surface area is 183 Å². The average Bonchev–Trinajstić information content (AvgIpc) is 3.09. The smallest absolute Gasteiger partial charge is 0.258 e. The van der Waals surface area contributed by atoms with Crippen LogP contribution in [0.5, 0.6) is 5.75 Å². The van der Waals surface area contributed by atoms with Gasteiger partial charge >= 0.3 is 0 Å². The maximum Gasteiger partial charge on any atom is 0.258 e. The summed E-state index contributed by atoms with van der Waals surface area (Å²) < 4.78 is 7.05. The Hall–Kier alpha value is -3.09. The third kappa shape index (κ3) is 3.72. The molecule has 4 aromatic rings. The minimum Gasteiger partial charge on any atom is -0.494 e. The van der Waals surface area contributed by atoms with Crippen molar-refractivity contribution in [2.24, 2.45) is 0 Å². The normalized spacial score (nSPS) is 11.0. The van der Waals surface area contributed by atoms with Crippen molar-refractivity contribution in [1.82, 2.24) is 14.8 Å². The van der Waals surface area contributed by atoms with Crippen LogP contribution in [-0.4, -0.2) is 27.8 Å². The van der Waals surface area contributed by atoms with Crippen LogP contribution >= 0.6 is 23.2 Å². The first-order valence-electron chi connectivity index (χ1n) is 9.15. The van der Waals surface area contributed by atoms with E-state index in [1.54, 1.807) is 30.0 Å². The lowest BCUT2D eigenvalue weighted by atomic mass is 10.1. The molecule has 4 rings (SSSR count). The van der Waals surface area contributed by atoms with Crippen LogP contribution in [0, 0.1) is 13.8 Å². The first-order chi connectivity index (χ1) is 14.4. The summed E-state index contributed by atoms with van der Waals surface area (Å²) in [5.41, 5.74) is 2.73. The molecule has 0 saturated heterocycles. The van der Waals surface area contributed by atoms with Crippen molar-refractivity contribution in [2.75, 3.05) is 12.4 Å². The summed E-state index contributed by atoms with van der Waals surface area (Å²) in [6.45, 7) is 3.83. The lowest BCUT2D eigenvalue weighted by molar-refractivity contribution is 0.102. The third-order valence-corrected chi connectivity index (χ3v) is 5.24. The Kier molecular flexibility index (Phi) is 5.37. The minimum atomic E-state index is -0.390. The van der Waals surface area contributed by atoms with E-state index in [0.29, 0.717) is 27.4 Å². The second-order valence-electron chi connectivity index (χ2n) is 6.81. The summed E-state index contributed by atoms with van der Waals surface area (Å²) in [5, 5.41) is 9.09. The SMILES string of the molecule is COc1cccc2c(C)cc(-n3nc(C)cc3NC(=O)c3cc(Cl)ccc3Cl)nc12. The first-order valence-corrected chi connectivity index (χ1v) is 9.91. The summed E-state index contributed by atoms with van der Waals surface area (Å²) in [5.74, 6) is 1.30. The molecule has 0 spiro atoms. The van der Waals surface area contributed by atoms with Gasteiger partial charge in [0, 0.05) is 16.5 Å². The highest BCUT2D eigenvalue weighted by Gasteiger charge is 2.17. The van der Waals surface area contributed by atoms with Crippen molar-refractivity contribution in [3.8, 4) is 11.6 Å². The van der Waals surface area contributed by atoms with Gasteiger partial charge in [-0.05, 0) is 49.7 Å². The zero-order valence-electron chi connectivity index (χ0n) is 16.5. The van der Waals surface area contributed by atoms with Crippen LogP contribution in [0.15, 0.2) is 48.5 Å². The molecular weight excluding hydrogens is 423 g/mol. The number of fused-ring (bicyclic) bond motifs is 1. The number of carbonyl (C=O) groups excluding carboxylic acids is 1. The molecule has 0 atom stereocenters. The lowest BCUT2D eigenvalue weighted by Crippen LogP contribution is -2.16. The number of benzene rings is 2. The van der Waals surface area contributed by atoms with Crippen LogP contribution in [0.3, 0.4) is 0 Å². The zero-order valence-corrected chi connectivity index (χ0v) is 18.0. The van der Waals surface area contributed by atoms with E-state index in [2.05, 4.69) is 10.4 Å². The Morgan fingerprint density at radius 1 is 1.10 bits per heavy atom. The molecule has 6 nitrogen and oxygen atoms in total. The van der Waals surface area contributed by atoms with Gasteiger partial charge in [0.25, 0.3) is 5.91 Å². The van der Waals surface area contributed by atoms with Crippen molar-refractivity contribution in [2.45, 2.75) is 13.8 Å². The van der Waals surface area contributed by atoms with Gasteiger partial charge in [-0.3, -0.25) is 4.79 Å². The Bertz CT molecular complexity index is 1280. The molecule has 1 amide bonds. The maximum atomic E-state index is 12.8. The van der Waals surface area contributed by atoms with Gasteiger partial charge in [0.2, 0.25) is 0 Å². The fourth-order valence-corrected chi connectivity index (χ4v) is 3.64. The molecule has 0 unspecified atom stereocenters. The van der Waals surface area contributed by atoms with E-state index >= 15 is 0 Å². The quantitative estimate of drug-likeness (QED) is 0.447. The molecule has 0 aliphatic carbocycles. The second-order valence-corrected chi connectivity index (χ2v) is 7.66. The highest BCUT2D eigenvalue weighted by Crippen LogP contribution is 2.29. The number of nitrogens with one attached hydrogen (secondary N) is 1. The Balaban J connectivity index is 1.79. The highest BCUT2D eigenvalue weighted by atomic mass is 35.5. The van der Waals surface area contributed by atoms with Gasteiger partial charge in [-0.1, -0.05) is 35.3 Å². The predicted octanol–water partition coefficient (Wildman–Crippen LogP) is 5.61. The van der Waals surface area contributed by atoms with Gasteiger partial charge in [0.05, 0.1) is 23.4 Å². The number of nitrogens with zero attached hydrogens (tertiary/aromatic N) is 3. The number of methoxy groups -OCH3 is 1. The zero-order chi connectivity index (χ0) is 21.4. The molecule has 2 aromatic carbocycles. The Morgan fingerprint density at radius 2 is 1.90 bits per heavy atom. The minimum absolute atomic E-state index is 0.277. The number of halogens is 2. The monoisotopic (exact) mass is 440 g/mol. The number of anilines is 1. The van der Waals surface area contributed by atoms with E-state index in [-0.39, 0.29) is 5.56 Å². The largest absolute Gasteiger partial charge is 0.494 e. The molecule has 152 valence electrons. The molecule has 1 N–H and O–H groups in total. The van der Waals surface area contributed by atoms with Crippen LogP contribution in [0.2, 0.25) is 10.0 Å². The van der Waals surface area contributed by atoms with E-state index in [9.17, 15) is 4.79 Å². The number of rotatable bonds is 4. The van der Waals surface area contributed by atoms with Crippen LogP contribution in [0.1, 0.15) is 21.6 Å². The molecule has 2 heterocycles. The molecule has 0 fully saturated rings. The molecular formula is C22H18Cl2N4O2. The summed E-state index contributed by atoms with van der Waals surface area (Å²) in [6, 6.07) is 14.2. The highest BCUT2D eigenvalue weighted by molar-refractivity contribution is 6.36. The molecule has 0 aliphatic heterocycles. The van der Waals surface area contributed by atoms with E-state index in [1.807, 2.05) is 38.1 Å². The van der Waals surface area contributed by atoms with Gasteiger partial charge in [-0.15, -0.1) is 0 Å². The number of amides is 1. The summed E-state index contributed by atoms with van der Waals surface area (Å²) in [6.07, 6.45) is 0. The molecule has 0 saturated carbocycles. The average molecular weight is 441 g/mol.